The van der Waals surface area contributed by atoms with E-state index in [2.05, 4.69) is 4.98 Å². The second-order valence-electron chi connectivity index (χ2n) is 3.45. The molecule has 0 aliphatic carbocycles. The standard InChI is InChI=1S/C9H9ClF2N2O/c10-8(15)7-6(9(11)12)13-5-3-1-2-4-14(5)7/h9H,1-4H2. The van der Waals surface area contributed by atoms with Crippen LogP contribution in [0.25, 0.3) is 0 Å². The average molecular weight is 235 g/mol. The first-order valence-corrected chi connectivity index (χ1v) is 5.06. The zero-order chi connectivity index (χ0) is 11.0. The highest BCUT2D eigenvalue weighted by Gasteiger charge is 2.28. The number of hydrogen-bond acceptors (Lipinski definition) is 2. The summed E-state index contributed by atoms with van der Waals surface area (Å²) in [6, 6.07) is 0. The third-order valence-corrected chi connectivity index (χ3v) is 2.68. The van der Waals surface area contributed by atoms with E-state index in [1.165, 1.54) is 4.57 Å². The summed E-state index contributed by atoms with van der Waals surface area (Å²) in [5.41, 5.74) is -0.617. The lowest BCUT2D eigenvalue weighted by Gasteiger charge is -2.14. The topological polar surface area (TPSA) is 34.9 Å². The lowest BCUT2D eigenvalue weighted by Crippen LogP contribution is -2.14. The summed E-state index contributed by atoms with van der Waals surface area (Å²) in [7, 11) is 0. The molecule has 6 heteroatoms. The van der Waals surface area contributed by atoms with E-state index in [0.29, 0.717) is 18.8 Å². The van der Waals surface area contributed by atoms with Gasteiger partial charge in [-0.05, 0) is 24.4 Å². The Morgan fingerprint density at radius 2 is 2.20 bits per heavy atom. The maximum Gasteiger partial charge on any atom is 0.282 e. The molecule has 82 valence electrons. The van der Waals surface area contributed by atoms with Gasteiger partial charge in [0.25, 0.3) is 11.7 Å². The summed E-state index contributed by atoms with van der Waals surface area (Å²) in [5.74, 6) is 0.542. The van der Waals surface area contributed by atoms with Crippen molar-refractivity contribution < 1.29 is 13.6 Å². The first-order valence-electron chi connectivity index (χ1n) is 4.68. The summed E-state index contributed by atoms with van der Waals surface area (Å²) >= 11 is 5.30. The van der Waals surface area contributed by atoms with Crippen molar-refractivity contribution in [2.24, 2.45) is 0 Å². The molecule has 0 saturated carbocycles. The highest BCUT2D eigenvalue weighted by Crippen LogP contribution is 2.27. The Balaban J connectivity index is 2.56. The number of nitrogens with zero attached hydrogens (tertiary/aromatic N) is 2. The molecule has 0 fully saturated rings. The number of alkyl halides is 2. The Morgan fingerprint density at radius 3 is 2.80 bits per heavy atom. The fraction of sp³-hybridized carbons (Fsp3) is 0.556. The van der Waals surface area contributed by atoms with Gasteiger partial charge in [0.05, 0.1) is 0 Å². The van der Waals surface area contributed by atoms with Crippen LogP contribution >= 0.6 is 11.6 Å². The van der Waals surface area contributed by atoms with Gasteiger partial charge in [-0.3, -0.25) is 4.79 Å². The van der Waals surface area contributed by atoms with Crippen LogP contribution in [-0.4, -0.2) is 14.8 Å². The van der Waals surface area contributed by atoms with Gasteiger partial charge in [-0.25, -0.2) is 13.8 Å². The molecule has 15 heavy (non-hydrogen) atoms. The number of rotatable bonds is 2. The summed E-state index contributed by atoms with van der Waals surface area (Å²) in [6.07, 6.45) is -0.344. The monoisotopic (exact) mass is 234 g/mol. The molecule has 0 aromatic carbocycles. The van der Waals surface area contributed by atoms with E-state index in [1.807, 2.05) is 0 Å². The van der Waals surface area contributed by atoms with Crippen LogP contribution in [0.2, 0.25) is 0 Å². The van der Waals surface area contributed by atoms with Gasteiger partial charge >= 0.3 is 0 Å². The Morgan fingerprint density at radius 1 is 1.47 bits per heavy atom. The molecule has 3 nitrogen and oxygen atoms in total. The molecular weight excluding hydrogens is 226 g/mol. The van der Waals surface area contributed by atoms with Gasteiger partial charge in [-0.1, -0.05) is 0 Å². The normalized spacial score (nSPS) is 15.5. The maximum absolute atomic E-state index is 12.6. The number of imidazole rings is 1. The maximum atomic E-state index is 12.6. The van der Waals surface area contributed by atoms with Crippen molar-refractivity contribution >= 4 is 16.8 Å². The van der Waals surface area contributed by atoms with Gasteiger partial charge in [0, 0.05) is 13.0 Å². The molecule has 1 aromatic heterocycles. The number of halogens is 3. The zero-order valence-electron chi connectivity index (χ0n) is 7.84. The van der Waals surface area contributed by atoms with Gasteiger partial charge in [-0.2, -0.15) is 0 Å². The van der Waals surface area contributed by atoms with Crippen LogP contribution in [-0.2, 0) is 13.0 Å². The number of carbonyl (C=O) groups is 1. The predicted molar refractivity (Wildman–Crippen MR) is 50.3 cm³/mol. The quantitative estimate of drug-likeness (QED) is 0.737. The number of carbonyl (C=O) groups excluding carboxylic acids is 1. The average Bonchev–Trinajstić information content (AvgIpc) is 2.56. The molecule has 0 saturated heterocycles. The lowest BCUT2D eigenvalue weighted by atomic mass is 10.1. The molecule has 0 spiro atoms. The van der Waals surface area contributed by atoms with Crippen LogP contribution in [0.4, 0.5) is 8.78 Å². The number of aromatic nitrogens is 2. The molecule has 1 aliphatic rings. The number of hydrogen-bond donors (Lipinski definition) is 0. The van der Waals surface area contributed by atoms with Crippen molar-refractivity contribution in [3.05, 3.63) is 17.2 Å². The summed E-state index contributed by atoms with van der Waals surface area (Å²) in [5, 5.41) is -0.856. The molecule has 0 N–H and O–H groups in total. The van der Waals surface area contributed by atoms with Gasteiger partial charge in [-0.15, -0.1) is 0 Å². The molecule has 1 aliphatic heterocycles. The number of fused-ring (bicyclic) bond motifs is 1. The third kappa shape index (κ3) is 1.76. The van der Waals surface area contributed by atoms with E-state index in [4.69, 9.17) is 11.6 Å². The lowest BCUT2D eigenvalue weighted by molar-refractivity contribution is 0.105. The Hall–Kier alpha value is -0.970. The molecule has 0 amide bonds. The Bertz CT molecular complexity index is 403. The minimum Gasteiger partial charge on any atom is -0.324 e. The van der Waals surface area contributed by atoms with Crippen molar-refractivity contribution in [3.8, 4) is 0 Å². The van der Waals surface area contributed by atoms with Gasteiger partial charge < -0.3 is 4.57 Å². The van der Waals surface area contributed by atoms with Crippen molar-refractivity contribution in [2.45, 2.75) is 32.2 Å². The van der Waals surface area contributed by atoms with Crippen LogP contribution in [0.1, 0.15) is 41.3 Å². The first kappa shape index (κ1) is 10.5. The molecular formula is C9H9ClF2N2O. The van der Waals surface area contributed by atoms with Gasteiger partial charge in [0.1, 0.15) is 17.2 Å². The van der Waals surface area contributed by atoms with Crippen LogP contribution in [0.3, 0.4) is 0 Å². The minimum absolute atomic E-state index is 0.138. The molecule has 2 heterocycles. The smallest absolute Gasteiger partial charge is 0.282 e. The van der Waals surface area contributed by atoms with E-state index in [1.54, 1.807) is 0 Å². The molecule has 1 aromatic rings. The highest BCUT2D eigenvalue weighted by molar-refractivity contribution is 6.67. The van der Waals surface area contributed by atoms with E-state index in [-0.39, 0.29) is 5.69 Å². The molecule has 0 unspecified atom stereocenters. The van der Waals surface area contributed by atoms with Gasteiger partial charge in [0.15, 0.2) is 0 Å². The Kier molecular flexibility index (Phi) is 2.73. The second-order valence-corrected chi connectivity index (χ2v) is 3.79. The predicted octanol–water partition coefficient (Wildman–Crippen LogP) is 2.54. The van der Waals surface area contributed by atoms with Gasteiger partial charge in [0.2, 0.25) is 0 Å². The van der Waals surface area contributed by atoms with Crippen LogP contribution in [0.15, 0.2) is 0 Å². The largest absolute Gasteiger partial charge is 0.324 e. The highest BCUT2D eigenvalue weighted by atomic mass is 35.5. The molecule has 0 atom stereocenters. The van der Waals surface area contributed by atoms with Crippen LogP contribution in [0.5, 0.6) is 0 Å². The third-order valence-electron chi connectivity index (χ3n) is 2.50. The van der Waals surface area contributed by atoms with Crippen molar-refractivity contribution in [3.63, 3.8) is 0 Å². The first-order chi connectivity index (χ1) is 7.11. The van der Waals surface area contributed by atoms with Crippen LogP contribution < -0.4 is 0 Å². The van der Waals surface area contributed by atoms with E-state index < -0.39 is 17.4 Å². The van der Waals surface area contributed by atoms with Crippen molar-refractivity contribution in [2.75, 3.05) is 0 Å². The fourth-order valence-electron chi connectivity index (χ4n) is 1.86. The fourth-order valence-corrected chi connectivity index (χ4v) is 2.06. The minimum atomic E-state index is -2.75. The van der Waals surface area contributed by atoms with Crippen LogP contribution in [0, 0.1) is 0 Å². The van der Waals surface area contributed by atoms with E-state index in [9.17, 15) is 13.6 Å². The Labute approximate surface area is 90.0 Å². The second kappa shape index (κ2) is 3.89. The number of aryl methyl sites for hydroxylation is 1. The zero-order valence-corrected chi connectivity index (χ0v) is 8.60. The van der Waals surface area contributed by atoms with Crippen molar-refractivity contribution in [1.82, 2.24) is 9.55 Å². The van der Waals surface area contributed by atoms with Crippen molar-refractivity contribution in [1.29, 1.82) is 0 Å². The summed E-state index contributed by atoms with van der Waals surface area (Å²) in [4.78, 5) is 14.9. The SMILES string of the molecule is O=C(Cl)c1c(C(F)F)nc2n1CCCC2. The summed E-state index contributed by atoms with van der Waals surface area (Å²) < 4.78 is 26.7. The molecule has 0 radical (unpaired) electrons. The van der Waals surface area contributed by atoms with E-state index in [0.717, 1.165) is 12.8 Å². The summed E-state index contributed by atoms with van der Waals surface area (Å²) in [6.45, 7) is 0.544. The molecule has 0 bridgehead atoms. The molecule has 2 rings (SSSR count). The van der Waals surface area contributed by atoms with E-state index >= 15 is 0 Å².